The Balaban J connectivity index is 1.82. The smallest absolute Gasteiger partial charge is 0.168 e. The Labute approximate surface area is 184 Å². The molecule has 1 unspecified atom stereocenters. The highest BCUT2D eigenvalue weighted by Gasteiger charge is 2.06. The molecule has 0 amide bonds. The second kappa shape index (κ2) is 13.1. The van der Waals surface area contributed by atoms with E-state index in [1.54, 1.807) is 6.21 Å². The third-order valence-corrected chi connectivity index (χ3v) is 4.15. The fourth-order valence-electron chi connectivity index (χ4n) is 2.57. The SMILES string of the molecule is C=CCN(CC=C)c1ccc(N/N=C/c2ccc(OCC(O)CNC(C)C)cc2)nn1. The lowest BCUT2D eigenvalue weighted by Gasteiger charge is -2.19. The number of anilines is 2. The van der Waals surface area contributed by atoms with Crippen LogP contribution in [0.4, 0.5) is 11.6 Å². The number of hydrogen-bond acceptors (Lipinski definition) is 8. The van der Waals surface area contributed by atoms with E-state index in [1.165, 1.54) is 0 Å². The molecule has 31 heavy (non-hydrogen) atoms. The monoisotopic (exact) mass is 424 g/mol. The van der Waals surface area contributed by atoms with Crippen molar-refractivity contribution in [3.8, 4) is 5.75 Å². The van der Waals surface area contributed by atoms with Gasteiger partial charge in [-0.25, -0.2) is 0 Å². The van der Waals surface area contributed by atoms with Crippen LogP contribution in [-0.4, -0.2) is 59.9 Å². The number of nitrogens with zero attached hydrogens (tertiary/aromatic N) is 4. The molecule has 166 valence electrons. The van der Waals surface area contributed by atoms with Crippen LogP contribution in [0.15, 0.2) is 66.8 Å². The van der Waals surface area contributed by atoms with Crippen LogP contribution in [0.3, 0.4) is 0 Å². The molecular formula is C23H32N6O2. The van der Waals surface area contributed by atoms with Crippen molar-refractivity contribution in [3.05, 3.63) is 67.3 Å². The van der Waals surface area contributed by atoms with Gasteiger partial charge in [0.2, 0.25) is 0 Å². The van der Waals surface area contributed by atoms with E-state index in [1.807, 2.05) is 67.3 Å². The van der Waals surface area contributed by atoms with E-state index in [0.29, 0.717) is 37.2 Å². The summed E-state index contributed by atoms with van der Waals surface area (Å²) in [5, 5.41) is 25.6. The lowest BCUT2D eigenvalue weighted by molar-refractivity contribution is 0.104. The van der Waals surface area contributed by atoms with Gasteiger partial charge in [-0.2, -0.15) is 5.10 Å². The molecule has 2 aromatic rings. The van der Waals surface area contributed by atoms with Gasteiger partial charge in [-0.3, -0.25) is 5.43 Å². The van der Waals surface area contributed by atoms with E-state index in [-0.39, 0.29) is 6.61 Å². The number of aromatic nitrogens is 2. The zero-order valence-corrected chi connectivity index (χ0v) is 18.2. The summed E-state index contributed by atoms with van der Waals surface area (Å²) < 4.78 is 5.61. The predicted molar refractivity (Wildman–Crippen MR) is 127 cm³/mol. The quantitative estimate of drug-likeness (QED) is 0.244. The molecule has 0 fully saturated rings. The zero-order chi connectivity index (χ0) is 22.5. The fourth-order valence-corrected chi connectivity index (χ4v) is 2.57. The molecule has 0 aliphatic heterocycles. The summed E-state index contributed by atoms with van der Waals surface area (Å²) in [6.07, 6.45) is 4.75. The maximum absolute atomic E-state index is 9.90. The first kappa shape index (κ1) is 24.0. The van der Waals surface area contributed by atoms with Crippen molar-refractivity contribution < 1.29 is 9.84 Å². The van der Waals surface area contributed by atoms with Crippen LogP contribution < -0.4 is 20.4 Å². The first-order valence-corrected chi connectivity index (χ1v) is 10.3. The second-order valence-electron chi connectivity index (χ2n) is 7.23. The van der Waals surface area contributed by atoms with E-state index in [0.717, 1.165) is 11.4 Å². The summed E-state index contributed by atoms with van der Waals surface area (Å²) in [6, 6.07) is 11.5. The maximum atomic E-state index is 9.90. The van der Waals surface area contributed by atoms with Gasteiger partial charge in [-0.1, -0.05) is 26.0 Å². The molecule has 3 N–H and O–H groups in total. The number of aliphatic hydroxyl groups is 1. The van der Waals surface area contributed by atoms with Crippen LogP contribution in [0.25, 0.3) is 0 Å². The molecule has 1 aromatic carbocycles. The Bertz CT molecular complexity index is 811. The van der Waals surface area contributed by atoms with Crippen LogP contribution in [0.2, 0.25) is 0 Å². The standard InChI is InChI=1S/C23H32N6O2/c1-5-13-29(14-6-2)23-12-11-22(27-28-23)26-25-15-19-7-9-21(10-8-19)31-17-20(30)16-24-18(3)4/h5-12,15,18,20,24,30H,1-2,13-14,16-17H2,3-4H3,(H,26,27)/b25-15+. The molecule has 0 aliphatic rings. The van der Waals surface area contributed by atoms with Crippen molar-refractivity contribution in [2.75, 3.05) is 36.6 Å². The van der Waals surface area contributed by atoms with Crippen LogP contribution in [-0.2, 0) is 0 Å². The molecule has 1 atom stereocenters. The highest BCUT2D eigenvalue weighted by atomic mass is 16.5. The summed E-state index contributed by atoms with van der Waals surface area (Å²) >= 11 is 0. The Hall–Kier alpha value is -3.23. The summed E-state index contributed by atoms with van der Waals surface area (Å²) in [4.78, 5) is 2.00. The average Bonchev–Trinajstić information content (AvgIpc) is 2.77. The molecule has 2 rings (SSSR count). The molecule has 0 aliphatic carbocycles. The van der Waals surface area contributed by atoms with E-state index in [4.69, 9.17) is 4.74 Å². The number of rotatable bonds is 14. The highest BCUT2D eigenvalue weighted by molar-refractivity contribution is 5.80. The molecule has 0 saturated heterocycles. The summed E-state index contributed by atoms with van der Waals surface area (Å²) in [6.45, 7) is 13.6. The molecule has 1 heterocycles. The minimum absolute atomic E-state index is 0.237. The molecule has 1 aromatic heterocycles. The minimum Gasteiger partial charge on any atom is -0.491 e. The van der Waals surface area contributed by atoms with Gasteiger partial charge in [0.1, 0.15) is 18.5 Å². The zero-order valence-electron chi connectivity index (χ0n) is 18.2. The van der Waals surface area contributed by atoms with E-state index >= 15 is 0 Å². The highest BCUT2D eigenvalue weighted by Crippen LogP contribution is 2.13. The van der Waals surface area contributed by atoms with Gasteiger partial charge in [-0.15, -0.1) is 23.4 Å². The Morgan fingerprint density at radius 2 is 1.81 bits per heavy atom. The van der Waals surface area contributed by atoms with Gasteiger partial charge < -0.3 is 20.1 Å². The second-order valence-corrected chi connectivity index (χ2v) is 7.23. The van der Waals surface area contributed by atoms with Crippen LogP contribution in [0.1, 0.15) is 19.4 Å². The lowest BCUT2D eigenvalue weighted by atomic mass is 10.2. The fraction of sp³-hybridized carbons (Fsp3) is 0.348. The lowest BCUT2D eigenvalue weighted by Crippen LogP contribution is -2.35. The van der Waals surface area contributed by atoms with Gasteiger partial charge in [0.05, 0.1) is 6.21 Å². The third-order valence-electron chi connectivity index (χ3n) is 4.15. The molecule has 0 spiro atoms. The molecule has 0 radical (unpaired) electrons. The molecule has 8 heteroatoms. The van der Waals surface area contributed by atoms with Crippen LogP contribution in [0.5, 0.6) is 5.75 Å². The molecule has 0 bridgehead atoms. The van der Waals surface area contributed by atoms with Gasteiger partial charge >= 0.3 is 0 Å². The predicted octanol–water partition coefficient (Wildman–Crippen LogP) is 2.84. The first-order chi connectivity index (χ1) is 15.0. The van der Waals surface area contributed by atoms with Crippen molar-refractivity contribution in [2.45, 2.75) is 26.0 Å². The number of ether oxygens (including phenoxy) is 1. The van der Waals surface area contributed by atoms with Gasteiger partial charge in [-0.05, 0) is 42.0 Å². The number of aliphatic hydroxyl groups excluding tert-OH is 1. The summed E-state index contributed by atoms with van der Waals surface area (Å²) in [7, 11) is 0. The minimum atomic E-state index is -0.555. The van der Waals surface area contributed by atoms with Crippen molar-refractivity contribution >= 4 is 17.9 Å². The Morgan fingerprint density at radius 3 is 2.39 bits per heavy atom. The van der Waals surface area contributed by atoms with E-state index < -0.39 is 6.10 Å². The van der Waals surface area contributed by atoms with Gasteiger partial charge in [0.25, 0.3) is 0 Å². The third kappa shape index (κ3) is 8.98. The van der Waals surface area contributed by atoms with Crippen molar-refractivity contribution in [1.29, 1.82) is 0 Å². The average molecular weight is 425 g/mol. The first-order valence-electron chi connectivity index (χ1n) is 10.3. The van der Waals surface area contributed by atoms with E-state index in [9.17, 15) is 5.11 Å². The Kier molecular flexibility index (Phi) is 10.2. The number of benzene rings is 1. The van der Waals surface area contributed by atoms with Crippen LogP contribution in [0, 0.1) is 0 Å². The van der Waals surface area contributed by atoms with Gasteiger partial charge in [0, 0.05) is 25.7 Å². The normalized spacial score (nSPS) is 12.0. The number of hydrogen-bond donors (Lipinski definition) is 3. The Morgan fingerprint density at radius 1 is 1.10 bits per heavy atom. The summed E-state index contributed by atoms with van der Waals surface area (Å²) in [5.74, 6) is 1.98. The van der Waals surface area contributed by atoms with Crippen molar-refractivity contribution in [2.24, 2.45) is 5.10 Å². The molecule has 8 nitrogen and oxygen atoms in total. The topological polar surface area (TPSA) is 94.9 Å². The number of nitrogens with one attached hydrogen (secondary N) is 2. The van der Waals surface area contributed by atoms with E-state index in [2.05, 4.69) is 39.2 Å². The molecular weight excluding hydrogens is 392 g/mol. The molecule has 0 saturated carbocycles. The van der Waals surface area contributed by atoms with Gasteiger partial charge in [0.15, 0.2) is 11.6 Å². The van der Waals surface area contributed by atoms with Crippen molar-refractivity contribution in [3.63, 3.8) is 0 Å². The van der Waals surface area contributed by atoms with Crippen molar-refractivity contribution in [1.82, 2.24) is 15.5 Å². The largest absolute Gasteiger partial charge is 0.491 e. The van der Waals surface area contributed by atoms with Crippen LogP contribution >= 0.6 is 0 Å². The maximum Gasteiger partial charge on any atom is 0.168 e. The summed E-state index contributed by atoms with van der Waals surface area (Å²) in [5.41, 5.74) is 3.76. The number of hydrazone groups is 1.